The van der Waals surface area contributed by atoms with Crippen LogP contribution in [0.2, 0.25) is 0 Å². The van der Waals surface area contributed by atoms with Crippen molar-refractivity contribution in [2.24, 2.45) is 0 Å². The molecule has 0 aliphatic heterocycles. The van der Waals surface area contributed by atoms with Gasteiger partial charge in [0.05, 0.1) is 5.41 Å². The summed E-state index contributed by atoms with van der Waals surface area (Å²) >= 11 is 0. The van der Waals surface area contributed by atoms with E-state index < -0.39 is 5.41 Å². The number of carbonyl (C=O) groups excluding carboxylic acids is 1. The molecule has 20 heavy (non-hydrogen) atoms. The van der Waals surface area contributed by atoms with Gasteiger partial charge in [-0.3, -0.25) is 4.79 Å². The molecule has 2 unspecified atom stereocenters. The lowest BCUT2D eigenvalue weighted by Crippen LogP contribution is -2.33. The molecular weight excluding hydrogens is 244 g/mol. The fourth-order valence-electron chi connectivity index (χ4n) is 3.76. The molecule has 0 amide bonds. The summed E-state index contributed by atoms with van der Waals surface area (Å²) in [5.41, 5.74) is 3.13. The Balaban J connectivity index is 2.29. The second kappa shape index (κ2) is 4.90. The molecule has 0 aromatic heterocycles. The molecule has 1 aliphatic carbocycles. The zero-order valence-corrected chi connectivity index (χ0v) is 12.1. The zero-order valence-electron chi connectivity index (χ0n) is 12.1. The molecule has 0 radical (unpaired) electrons. The van der Waals surface area contributed by atoms with Gasteiger partial charge < -0.3 is 0 Å². The second-order valence-electron chi connectivity index (χ2n) is 5.54. The van der Waals surface area contributed by atoms with Crippen LogP contribution in [0, 0.1) is 0 Å². The van der Waals surface area contributed by atoms with Gasteiger partial charge in [-0.25, -0.2) is 0 Å². The van der Waals surface area contributed by atoms with Gasteiger partial charge in [-0.05, 0) is 29.5 Å². The van der Waals surface area contributed by atoms with E-state index in [0.717, 1.165) is 18.4 Å². The highest BCUT2D eigenvalue weighted by Gasteiger charge is 2.50. The van der Waals surface area contributed by atoms with Crippen LogP contribution in [-0.4, -0.2) is 5.78 Å². The van der Waals surface area contributed by atoms with Gasteiger partial charge in [-0.2, -0.15) is 0 Å². The van der Waals surface area contributed by atoms with Gasteiger partial charge in [0.15, 0.2) is 5.78 Å². The Morgan fingerprint density at radius 3 is 2.25 bits per heavy atom. The monoisotopic (exact) mass is 264 g/mol. The van der Waals surface area contributed by atoms with E-state index >= 15 is 0 Å². The van der Waals surface area contributed by atoms with Gasteiger partial charge in [-0.1, -0.05) is 68.4 Å². The average Bonchev–Trinajstić information content (AvgIpc) is 2.76. The van der Waals surface area contributed by atoms with Gasteiger partial charge in [0.1, 0.15) is 0 Å². The molecule has 1 aliphatic rings. The third kappa shape index (κ3) is 1.59. The Morgan fingerprint density at radius 1 is 0.950 bits per heavy atom. The maximum atomic E-state index is 13.1. The predicted molar refractivity (Wildman–Crippen MR) is 82.0 cm³/mol. The molecular formula is C19H20O. The van der Waals surface area contributed by atoms with Gasteiger partial charge in [0, 0.05) is 5.92 Å². The number of hydrogen-bond donors (Lipinski definition) is 0. The first-order chi connectivity index (χ1) is 9.75. The summed E-state index contributed by atoms with van der Waals surface area (Å²) in [6, 6.07) is 18.6. The zero-order chi connectivity index (χ0) is 14.2. The standard InChI is InChI=1S/C19H20O/c1-3-15-16-12-8-9-13-17(16)19(4-2,18(15)20)14-10-6-5-7-11-14/h5-13,15H,3-4H2,1-2H3. The first kappa shape index (κ1) is 13.1. The van der Waals surface area contributed by atoms with Crippen molar-refractivity contribution in [3.8, 4) is 0 Å². The fourth-order valence-corrected chi connectivity index (χ4v) is 3.76. The van der Waals surface area contributed by atoms with E-state index in [0.29, 0.717) is 5.78 Å². The van der Waals surface area contributed by atoms with E-state index in [-0.39, 0.29) is 5.92 Å². The normalized spacial score (nSPS) is 24.7. The van der Waals surface area contributed by atoms with Crippen LogP contribution in [-0.2, 0) is 10.2 Å². The van der Waals surface area contributed by atoms with E-state index in [2.05, 4.69) is 44.2 Å². The first-order valence-corrected chi connectivity index (χ1v) is 7.45. The SMILES string of the molecule is CCC1C(=O)C(CC)(c2ccccc2)c2ccccc21. The lowest BCUT2D eigenvalue weighted by Gasteiger charge is -2.28. The Hall–Kier alpha value is -1.89. The van der Waals surface area contributed by atoms with E-state index in [1.807, 2.05) is 24.3 Å². The van der Waals surface area contributed by atoms with Crippen molar-refractivity contribution in [2.75, 3.05) is 0 Å². The van der Waals surface area contributed by atoms with Crippen LogP contribution in [0.3, 0.4) is 0 Å². The number of Topliss-reactive ketones (excluding diaryl/α,β-unsaturated/α-hetero) is 1. The predicted octanol–water partition coefficient (Wildman–Crippen LogP) is 4.46. The van der Waals surface area contributed by atoms with Crippen LogP contribution >= 0.6 is 0 Å². The van der Waals surface area contributed by atoms with E-state index in [9.17, 15) is 4.79 Å². The second-order valence-corrected chi connectivity index (χ2v) is 5.54. The van der Waals surface area contributed by atoms with Crippen LogP contribution in [0.4, 0.5) is 0 Å². The van der Waals surface area contributed by atoms with E-state index in [4.69, 9.17) is 0 Å². The van der Waals surface area contributed by atoms with E-state index in [1.54, 1.807) is 0 Å². The van der Waals surface area contributed by atoms with Crippen LogP contribution in [0.25, 0.3) is 0 Å². The fraction of sp³-hybridized carbons (Fsp3) is 0.316. The number of carbonyl (C=O) groups is 1. The Morgan fingerprint density at radius 2 is 1.60 bits per heavy atom. The lowest BCUT2D eigenvalue weighted by atomic mass is 9.72. The number of rotatable bonds is 3. The summed E-state index contributed by atoms with van der Waals surface area (Å²) in [5, 5.41) is 0. The molecule has 1 heteroatoms. The minimum absolute atomic E-state index is 0.0476. The molecule has 2 aromatic carbocycles. The highest BCUT2D eigenvalue weighted by Crippen LogP contribution is 2.50. The summed E-state index contributed by atoms with van der Waals surface area (Å²) in [7, 11) is 0. The van der Waals surface area contributed by atoms with E-state index in [1.165, 1.54) is 11.1 Å². The molecule has 1 nitrogen and oxygen atoms in total. The third-order valence-electron chi connectivity index (χ3n) is 4.74. The molecule has 2 atom stereocenters. The van der Waals surface area contributed by atoms with Crippen molar-refractivity contribution in [1.82, 2.24) is 0 Å². The molecule has 3 rings (SSSR count). The van der Waals surface area contributed by atoms with Crippen molar-refractivity contribution >= 4 is 5.78 Å². The first-order valence-electron chi connectivity index (χ1n) is 7.45. The molecule has 0 fully saturated rings. The minimum atomic E-state index is -0.446. The molecule has 0 bridgehead atoms. The smallest absolute Gasteiger partial charge is 0.155 e. The Kier molecular flexibility index (Phi) is 3.21. The van der Waals surface area contributed by atoms with Crippen molar-refractivity contribution < 1.29 is 4.79 Å². The quantitative estimate of drug-likeness (QED) is 0.800. The molecule has 0 saturated heterocycles. The number of ketones is 1. The molecule has 2 aromatic rings. The molecule has 0 heterocycles. The van der Waals surface area contributed by atoms with Gasteiger partial charge in [0.25, 0.3) is 0 Å². The number of benzene rings is 2. The van der Waals surface area contributed by atoms with Crippen LogP contribution < -0.4 is 0 Å². The number of hydrogen-bond acceptors (Lipinski definition) is 1. The summed E-state index contributed by atoms with van der Waals surface area (Å²) in [4.78, 5) is 13.1. The Labute approximate surface area is 120 Å². The number of fused-ring (bicyclic) bond motifs is 1. The highest BCUT2D eigenvalue weighted by atomic mass is 16.1. The largest absolute Gasteiger partial charge is 0.298 e. The van der Waals surface area contributed by atoms with Crippen LogP contribution in [0.1, 0.15) is 49.3 Å². The summed E-state index contributed by atoms with van der Waals surface area (Å²) in [6.07, 6.45) is 1.70. The maximum absolute atomic E-state index is 13.1. The van der Waals surface area contributed by atoms with Crippen LogP contribution in [0.5, 0.6) is 0 Å². The highest BCUT2D eigenvalue weighted by molar-refractivity contribution is 6.03. The topological polar surface area (TPSA) is 17.1 Å². The maximum Gasteiger partial charge on any atom is 0.155 e. The average molecular weight is 264 g/mol. The molecule has 0 spiro atoms. The minimum Gasteiger partial charge on any atom is -0.298 e. The van der Waals surface area contributed by atoms with Crippen LogP contribution in [0.15, 0.2) is 54.6 Å². The van der Waals surface area contributed by atoms with Gasteiger partial charge in [-0.15, -0.1) is 0 Å². The van der Waals surface area contributed by atoms with Crippen molar-refractivity contribution in [2.45, 2.75) is 38.0 Å². The third-order valence-corrected chi connectivity index (χ3v) is 4.74. The Bertz CT molecular complexity index is 629. The molecule has 0 N–H and O–H groups in total. The lowest BCUT2D eigenvalue weighted by molar-refractivity contribution is -0.123. The van der Waals surface area contributed by atoms with Crippen molar-refractivity contribution in [1.29, 1.82) is 0 Å². The van der Waals surface area contributed by atoms with Crippen molar-refractivity contribution in [3.05, 3.63) is 71.3 Å². The molecule has 102 valence electrons. The van der Waals surface area contributed by atoms with Crippen molar-refractivity contribution in [3.63, 3.8) is 0 Å². The summed E-state index contributed by atoms with van der Waals surface area (Å²) in [6.45, 7) is 4.23. The summed E-state index contributed by atoms with van der Waals surface area (Å²) < 4.78 is 0. The molecule has 0 saturated carbocycles. The van der Waals surface area contributed by atoms with Gasteiger partial charge >= 0.3 is 0 Å². The summed E-state index contributed by atoms with van der Waals surface area (Å²) in [5.74, 6) is 0.418. The van der Waals surface area contributed by atoms with Gasteiger partial charge in [0.2, 0.25) is 0 Å².